The lowest BCUT2D eigenvalue weighted by molar-refractivity contribution is -0.155. The van der Waals surface area contributed by atoms with Crippen molar-refractivity contribution in [3.63, 3.8) is 0 Å². The second-order valence-electron chi connectivity index (χ2n) is 4.44. The van der Waals surface area contributed by atoms with Gasteiger partial charge in [0.05, 0.1) is 12.2 Å². The van der Waals surface area contributed by atoms with Crippen molar-refractivity contribution in [2.75, 3.05) is 20.1 Å². The molecule has 0 bridgehead atoms. The van der Waals surface area contributed by atoms with Crippen LogP contribution < -0.4 is 11.3 Å². The van der Waals surface area contributed by atoms with Crippen LogP contribution in [0, 0.1) is 0 Å². The number of rotatable bonds is 3. The summed E-state index contributed by atoms with van der Waals surface area (Å²) in [6.45, 7) is 1.10. The first-order chi connectivity index (χ1) is 9.52. The molecule has 2 rings (SSSR count). The maximum absolute atomic E-state index is 11.8. The third-order valence-corrected chi connectivity index (χ3v) is 3.05. The maximum Gasteiger partial charge on any atom is 0.312 e. The topological polar surface area (TPSA) is 109 Å². The number of nitrogens with zero attached hydrogens (tertiary/aromatic N) is 3. The number of piperazine rings is 1. The van der Waals surface area contributed by atoms with Gasteiger partial charge in [-0.1, -0.05) is 6.07 Å². The second-order valence-corrected chi connectivity index (χ2v) is 4.44. The second kappa shape index (κ2) is 5.66. The van der Waals surface area contributed by atoms with Crippen LogP contribution in [0.4, 0.5) is 0 Å². The Balaban J connectivity index is 2.12. The van der Waals surface area contributed by atoms with Gasteiger partial charge in [0.25, 0.3) is 5.91 Å². The molecule has 0 atom stereocenters. The Morgan fingerprint density at radius 3 is 2.80 bits per heavy atom. The van der Waals surface area contributed by atoms with Gasteiger partial charge in [0.1, 0.15) is 5.69 Å². The van der Waals surface area contributed by atoms with Gasteiger partial charge in [-0.25, -0.2) is 10.8 Å². The summed E-state index contributed by atoms with van der Waals surface area (Å²) in [7, 11) is 1.59. The summed E-state index contributed by atoms with van der Waals surface area (Å²) >= 11 is 0. The number of hydrogen-bond acceptors (Lipinski definition) is 5. The SMILES string of the molecule is CN1CCN(Cc2cccc(C(=O)NN)n2)C(=O)C1=O. The van der Waals surface area contributed by atoms with Crippen molar-refractivity contribution in [2.24, 2.45) is 5.84 Å². The highest BCUT2D eigenvalue weighted by Crippen LogP contribution is 2.09. The fraction of sp³-hybridized carbons (Fsp3) is 0.333. The van der Waals surface area contributed by atoms with Crippen LogP contribution in [0.2, 0.25) is 0 Å². The summed E-state index contributed by atoms with van der Waals surface area (Å²) in [5.41, 5.74) is 2.68. The number of pyridine rings is 1. The first-order valence-corrected chi connectivity index (χ1v) is 6.04. The maximum atomic E-state index is 11.8. The number of nitrogens with two attached hydrogens (primary N) is 1. The zero-order chi connectivity index (χ0) is 14.7. The number of amides is 3. The highest BCUT2D eigenvalue weighted by Gasteiger charge is 2.30. The van der Waals surface area contributed by atoms with Gasteiger partial charge in [0.2, 0.25) is 0 Å². The van der Waals surface area contributed by atoms with Crippen LogP contribution in [0.1, 0.15) is 16.2 Å². The van der Waals surface area contributed by atoms with E-state index in [-0.39, 0.29) is 12.2 Å². The largest absolute Gasteiger partial charge is 0.336 e. The molecule has 8 heteroatoms. The number of hydrogen-bond donors (Lipinski definition) is 2. The molecule has 0 spiro atoms. The Labute approximate surface area is 115 Å². The van der Waals surface area contributed by atoms with Crippen LogP contribution in [-0.2, 0) is 16.1 Å². The van der Waals surface area contributed by atoms with E-state index in [1.165, 1.54) is 15.9 Å². The standard InChI is InChI=1S/C12H15N5O3/c1-16-5-6-17(12(20)11(16)19)7-8-3-2-4-9(14-8)10(18)15-13/h2-4H,5-7,13H2,1H3,(H,15,18). The minimum atomic E-state index is -0.561. The minimum absolute atomic E-state index is 0.165. The van der Waals surface area contributed by atoms with E-state index in [1.54, 1.807) is 19.2 Å². The minimum Gasteiger partial charge on any atom is -0.336 e. The fourth-order valence-corrected chi connectivity index (χ4v) is 1.89. The predicted octanol–water partition coefficient (Wildman–Crippen LogP) is -1.51. The van der Waals surface area contributed by atoms with E-state index in [9.17, 15) is 14.4 Å². The van der Waals surface area contributed by atoms with Gasteiger partial charge in [0, 0.05) is 20.1 Å². The average molecular weight is 277 g/mol. The first kappa shape index (κ1) is 13.9. The van der Waals surface area contributed by atoms with Crippen LogP contribution >= 0.6 is 0 Å². The monoisotopic (exact) mass is 277 g/mol. The Hall–Kier alpha value is -2.48. The van der Waals surface area contributed by atoms with Crippen molar-refractivity contribution in [2.45, 2.75) is 6.54 Å². The highest BCUT2D eigenvalue weighted by molar-refractivity contribution is 6.35. The van der Waals surface area contributed by atoms with E-state index in [1.807, 2.05) is 5.43 Å². The van der Waals surface area contributed by atoms with Crippen LogP contribution in [0.5, 0.6) is 0 Å². The molecule has 0 radical (unpaired) electrons. The third kappa shape index (κ3) is 2.75. The smallest absolute Gasteiger partial charge is 0.312 e. The predicted molar refractivity (Wildman–Crippen MR) is 68.9 cm³/mol. The summed E-state index contributed by atoms with van der Waals surface area (Å²) in [4.78, 5) is 41.7. The van der Waals surface area contributed by atoms with Crippen molar-refractivity contribution >= 4 is 17.7 Å². The molecule has 0 aliphatic carbocycles. The summed E-state index contributed by atoms with van der Waals surface area (Å²) in [6.07, 6.45) is 0. The molecule has 3 amide bonds. The van der Waals surface area contributed by atoms with Gasteiger partial charge in [-0.05, 0) is 12.1 Å². The lowest BCUT2D eigenvalue weighted by atomic mass is 10.2. The number of likely N-dealkylation sites (N-methyl/N-ethyl adjacent to an activating group) is 1. The van der Waals surface area contributed by atoms with Gasteiger partial charge in [0.15, 0.2) is 0 Å². The summed E-state index contributed by atoms with van der Waals surface area (Å²) in [6, 6.07) is 4.85. The van der Waals surface area contributed by atoms with E-state index in [0.29, 0.717) is 18.8 Å². The van der Waals surface area contributed by atoms with E-state index < -0.39 is 17.7 Å². The number of hydrazine groups is 1. The molecule has 106 valence electrons. The van der Waals surface area contributed by atoms with Crippen LogP contribution in [0.3, 0.4) is 0 Å². The molecule has 1 aliphatic rings. The number of carbonyl (C=O) groups is 3. The van der Waals surface area contributed by atoms with Crippen LogP contribution in [0.25, 0.3) is 0 Å². The number of aromatic nitrogens is 1. The number of nitrogens with one attached hydrogen (secondary N) is 1. The lowest BCUT2D eigenvalue weighted by Crippen LogP contribution is -2.52. The van der Waals surface area contributed by atoms with Crippen molar-refractivity contribution in [1.82, 2.24) is 20.2 Å². The van der Waals surface area contributed by atoms with Crippen molar-refractivity contribution < 1.29 is 14.4 Å². The molecule has 8 nitrogen and oxygen atoms in total. The number of nitrogen functional groups attached to an aromatic ring is 1. The molecule has 20 heavy (non-hydrogen) atoms. The lowest BCUT2D eigenvalue weighted by Gasteiger charge is -2.31. The van der Waals surface area contributed by atoms with Gasteiger partial charge in [-0.15, -0.1) is 0 Å². The first-order valence-electron chi connectivity index (χ1n) is 6.04. The Bertz CT molecular complexity index is 560. The molecule has 1 saturated heterocycles. The van der Waals surface area contributed by atoms with Crippen molar-refractivity contribution in [3.05, 3.63) is 29.6 Å². The molecule has 0 unspecified atom stereocenters. The average Bonchev–Trinajstić information content (AvgIpc) is 2.47. The Morgan fingerprint density at radius 1 is 1.35 bits per heavy atom. The zero-order valence-corrected chi connectivity index (χ0v) is 11.0. The number of carbonyl (C=O) groups excluding carboxylic acids is 3. The molecule has 0 saturated carbocycles. The Kier molecular flexibility index (Phi) is 3.94. The van der Waals surface area contributed by atoms with Crippen molar-refractivity contribution in [1.29, 1.82) is 0 Å². The molecule has 1 aromatic rings. The zero-order valence-electron chi connectivity index (χ0n) is 11.0. The normalized spacial score (nSPS) is 15.5. The van der Waals surface area contributed by atoms with Crippen LogP contribution in [0.15, 0.2) is 18.2 Å². The Morgan fingerprint density at radius 2 is 2.10 bits per heavy atom. The van der Waals surface area contributed by atoms with E-state index in [2.05, 4.69) is 4.98 Å². The molecule has 3 N–H and O–H groups in total. The molecule has 1 aliphatic heterocycles. The van der Waals surface area contributed by atoms with Crippen molar-refractivity contribution in [3.8, 4) is 0 Å². The third-order valence-electron chi connectivity index (χ3n) is 3.05. The molecule has 1 aromatic heterocycles. The molecule has 0 aromatic carbocycles. The summed E-state index contributed by atoms with van der Waals surface area (Å²) in [5, 5.41) is 0. The van der Waals surface area contributed by atoms with Gasteiger partial charge >= 0.3 is 11.8 Å². The molecule has 2 heterocycles. The van der Waals surface area contributed by atoms with Gasteiger partial charge < -0.3 is 9.80 Å². The van der Waals surface area contributed by atoms with E-state index >= 15 is 0 Å². The van der Waals surface area contributed by atoms with E-state index in [4.69, 9.17) is 5.84 Å². The molecule has 1 fully saturated rings. The van der Waals surface area contributed by atoms with Gasteiger partial charge in [-0.2, -0.15) is 0 Å². The fourth-order valence-electron chi connectivity index (χ4n) is 1.89. The van der Waals surface area contributed by atoms with Gasteiger partial charge in [-0.3, -0.25) is 19.8 Å². The summed E-state index contributed by atoms with van der Waals surface area (Å²) < 4.78 is 0. The molecular weight excluding hydrogens is 262 g/mol. The quantitative estimate of drug-likeness (QED) is 0.302. The van der Waals surface area contributed by atoms with Crippen LogP contribution in [-0.4, -0.2) is 52.6 Å². The van der Waals surface area contributed by atoms with E-state index in [0.717, 1.165) is 0 Å². The highest BCUT2D eigenvalue weighted by atomic mass is 16.2. The molecular formula is C12H15N5O3. The summed E-state index contributed by atoms with van der Waals surface area (Å²) in [5.74, 6) is 3.44.